The topological polar surface area (TPSA) is 85.1 Å². The van der Waals surface area contributed by atoms with Crippen LogP contribution in [0.1, 0.15) is 4.88 Å². The van der Waals surface area contributed by atoms with Crippen LogP contribution in [0.15, 0.2) is 39.1 Å². The Hall–Kier alpha value is -0.960. The molecule has 0 unspecified atom stereocenters. The summed E-state index contributed by atoms with van der Waals surface area (Å²) in [6.45, 7) is 0.251. The maximum absolute atomic E-state index is 12.0. The number of nitrogens with one attached hydrogen (secondary N) is 1. The molecule has 96 valence electrons. The predicted molar refractivity (Wildman–Crippen MR) is 74.7 cm³/mol. The summed E-state index contributed by atoms with van der Waals surface area (Å²) in [4.78, 5) is 4.80. The number of halogens is 1. The van der Waals surface area contributed by atoms with Crippen molar-refractivity contribution in [3.63, 3.8) is 0 Å². The highest BCUT2D eigenvalue weighted by Gasteiger charge is 2.14. The molecule has 2 rings (SSSR count). The molecule has 2 heterocycles. The van der Waals surface area contributed by atoms with Crippen molar-refractivity contribution in [3.8, 4) is 0 Å². The second-order valence-corrected chi connectivity index (χ2v) is 7.15. The third-order valence-corrected chi connectivity index (χ3v) is 5.22. The number of thiophene rings is 1. The van der Waals surface area contributed by atoms with Crippen LogP contribution in [0, 0.1) is 0 Å². The molecular formula is C10H10BrN3O2S2. The van der Waals surface area contributed by atoms with Gasteiger partial charge in [-0.05, 0) is 28.1 Å². The summed E-state index contributed by atoms with van der Waals surface area (Å²) in [6, 6.07) is 4.60. The molecule has 5 nitrogen and oxygen atoms in total. The standard InChI is InChI=1S/C10H10BrN3O2S2/c11-7-3-8(17-6-7)5-14-18(15,16)9-1-2-13-10(12)4-9/h1-4,6,14H,5H2,(H2,12,13). The number of hydrogen-bond donors (Lipinski definition) is 2. The van der Waals surface area contributed by atoms with Gasteiger partial charge in [-0.2, -0.15) is 0 Å². The molecule has 0 atom stereocenters. The van der Waals surface area contributed by atoms with E-state index in [2.05, 4.69) is 25.6 Å². The van der Waals surface area contributed by atoms with Crippen molar-refractivity contribution in [2.45, 2.75) is 11.4 Å². The van der Waals surface area contributed by atoms with Gasteiger partial charge < -0.3 is 5.73 Å². The summed E-state index contributed by atoms with van der Waals surface area (Å²) in [5, 5.41) is 1.90. The van der Waals surface area contributed by atoms with Gasteiger partial charge in [0.2, 0.25) is 10.0 Å². The molecular weight excluding hydrogens is 338 g/mol. The first kappa shape index (κ1) is 13.5. The minimum Gasteiger partial charge on any atom is -0.384 e. The molecule has 0 fully saturated rings. The van der Waals surface area contributed by atoms with E-state index in [0.29, 0.717) is 0 Å². The lowest BCUT2D eigenvalue weighted by atomic mass is 10.5. The zero-order chi connectivity index (χ0) is 13.2. The molecule has 0 bridgehead atoms. The lowest BCUT2D eigenvalue weighted by Gasteiger charge is -2.05. The Morgan fingerprint density at radius 2 is 2.22 bits per heavy atom. The van der Waals surface area contributed by atoms with Crippen LogP contribution in [0.5, 0.6) is 0 Å². The van der Waals surface area contributed by atoms with E-state index >= 15 is 0 Å². The fourth-order valence-electron chi connectivity index (χ4n) is 1.29. The summed E-state index contributed by atoms with van der Waals surface area (Å²) in [5.74, 6) is 0.178. The van der Waals surface area contributed by atoms with E-state index in [-0.39, 0.29) is 17.3 Å². The highest BCUT2D eigenvalue weighted by molar-refractivity contribution is 9.10. The Kier molecular flexibility index (Phi) is 4.00. The van der Waals surface area contributed by atoms with Crippen molar-refractivity contribution in [2.24, 2.45) is 0 Å². The molecule has 0 aromatic carbocycles. The van der Waals surface area contributed by atoms with Crippen LogP contribution in [0.3, 0.4) is 0 Å². The summed E-state index contributed by atoms with van der Waals surface area (Å²) in [6.07, 6.45) is 1.37. The fraction of sp³-hybridized carbons (Fsp3) is 0.100. The van der Waals surface area contributed by atoms with Gasteiger partial charge in [-0.3, -0.25) is 0 Å². The predicted octanol–water partition coefficient (Wildman–Crippen LogP) is 1.97. The Bertz CT molecular complexity index is 655. The summed E-state index contributed by atoms with van der Waals surface area (Å²) < 4.78 is 27.4. The number of hydrogen-bond acceptors (Lipinski definition) is 5. The van der Waals surface area contributed by atoms with E-state index in [1.165, 1.54) is 29.7 Å². The van der Waals surface area contributed by atoms with Crippen LogP contribution >= 0.6 is 27.3 Å². The second-order valence-electron chi connectivity index (χ2n) is 3.47. The van der Waals surface area contributed by atoms with Gasteiger partial charge in [0.05, 0.1) is 4.90 Å². The number of pyridine rings is 1. The van der Waals surface area contributed by atoms with Crippen LogP contribution in [-0.2, 0) is 16.6 Å². The molecule has 0 spiro atoms. The van der Waals surface area contributed by atoms with Gasteiger partial charge in [-0.1, -0.05) is 0 Å². The lowest BCUT2D eigenvalue weighted by molar-refractivity contribution is 0.581. The molecule has 0 saturated carbocycles. The van der Waals surface area contributed by atoms with Gasteiger partial charge >= 0.3 is 0 Å². The first-order valence-electron chi connectivity index (χ1n) is 4.91. The number of nitrogen functional groups attached to an aromatic ring is 1. The number of aromatic nitrogens is 1. The number of rotatable bonds is 4. The molecule has 2 aromatic rings. The molecule has 3 N–H and O–H groups in total. The number of nitrogens with two attached hydrogens (primary N) is 1. The fourth-order valence-corrected chi connectivity index (χ4v) is 3.80. The number of sulfonamides is 1. The van der Waals surface area contributed by atoms with Crippen LogP contribution in [0.25, 0.3) is 0 Å². The quantitative estimate of drug-likeness (QED) is 0.885. The van der Waals surface area contributed by atoms with Crippen molar-refractivity contribution < 1.29 is 8.42 Å². The normalized spacial score (nSPS) is 11.6. The van der Waals surface area contributed by atoms with Gasteiger partial charge in [-0.25, -0.2) is 18.1 Å². The van der Waals surface area contributed by atoms with Crippen molar-refractivity contribution >= 4 is 43.1 Å². The monoisotopic (exact) mass is 347 g/mol. The number of nitrogens with zero attached hydrogens (tertiary/aromatic N) is 1. The molecule has 0 aliphatic heterocycles. The molecule has 0 aliphatic carbocycles. The maximum atomic E-state index is 12.0. The highest BCUT2D eigenvalue weighted by Crippen LogP contribution is 2.20. The third-order valence-electron chi connectivity index (χ3n) is 2.12. The molecule has 8 heteroatoms. The molecule has 0 radical (unpaired) electrons. The van der Waals surface area contributed by atoms with E-state index in [1.54, 1.807) is 0 Å². The highest BCUT2D eigenvalue weighted by atomic mass is 79.9. The van der Waals surface area contributed by atoms with Crippen molar-refractivity contribution in [2.75, 3.05) is 5.73 Å². The molecule has 18 heavy (non-hydrogen) atoms. The van der Waals surface area contributed by atoms with Gasteiger partial charge in [0.15, 0.2) is 0 Å². The largest absolute Gasteiger partial charge is 0.384 e. The Morgan fingerprint density at radius 3 is 2.83 bits per heavy atom. The van der Waals surface area contributed by atoms with Crippen molar-refractivity contribution in [1.29, 1.82) is 0 Å². The summed E-state index contributed by atoms with van der Waals surface area (Å²) in [7, 11) is -3.55. The third kappa shape index (κ3) is 3.29. The first-order valence-corrected chi connectivity index (χ1v) is 8.07. The Balaban J connectivity index is 2.13. The van der Waals surface area contributed by atoms with Crippen LogP contribution < -0.4 is 10.5 Å². The first-order chi connectivity index (χ1) is 8.47. The van der Waals surface area contributed by atoms with Crippen molar-refractivity contribution in [1.82, 2.24) is 9.71 Å². The summed E-state index contributed by atoms with van der Waals surface area (Å²) >= 11 is 4.79. The lowest BCUT2D eigenvalue weighted by Crippen LogP contribution is -2.23. The van der Waals surface area contributed by atoms with Crippen LogP contribution in [-0.4, -0.2) is 13.4 Å². The van der Waals surface area contributed by atoms with E-state index in [9.17, 15) is 8.42 Å². The average molecular weight is 348 g/mol. The average Bonchev–Trinajstić information content (AvgIpc) is 2.73. The minimum absolute atomic E-state index is 0.116. The molecule has 2 aromatic heterocycles. The summed E-state index contributed by atoms with van der Waals surface area (Å²) in [5.41, 5.74) is 5.46. The maximum Gasteiger partial charge on any atom is 0.241 e. The second kappa shape index (κ2) is 5.35. The van der Waals surface area contributed by atoms with Gasteiger partial charge in [0.1, 0.15) is 5.82 Å². The van der Waals surface area contributed by atoms with Gasteiger partial charge in [-0.15, -0.1) is 11.3 Å². The molecule has 0 saturated heterocycles. The van der Waals surface area contributed by atoms with Crippen LogP contribution in [0.4, 0.5) is 5.82 Å². The van der Waals surface area contributed by atoms with Crippen LogP contribution in [0.2, 0.25) is 0 Å². The minimum atomic E-state index is -3.55. The van der Waals surface area contributed by atoms with Gasteiger partial charge in [0.25, 0.3) is 0 Å². The zero-order valence-corrected chi connectivity index (χ0v) is 12.3. The van der Waals surface area contributed by atoms with E-state index in [1.807, 2.05) is 11.4 Å². The number of anilines is 1. The van der Waals surface area contributed by atoms with Gasteiger partial charge in [0, 0.05) is 33.5 Å². The van der Waals surface area contributed by atoms with E-state index in [0.717, 1.165) is 9.35 Å². The van der Waals surface area contributed by atoms with Crippen molar-refractivity contribution in [3.05, 3.63) is 39.1 Å². The smallest absolute Gasteiger partial charge is 0.241 e. The zero-order valence-electron chi connectivity index (χ0n) is 9.13. The Labute approximate surface area is 117 Å². The van der Waals surface area contributed by atoms with E-state index in [4.69, 9.17) is 5.73 Å². The van der Waals surface area contributed by atoms with E-state index < -0.39 is 10.0 Å². The molecule has 0 amide bonds. The SMILES string of the molecule is Nc1cc(S(=O)(=O)NCc2cc(Br)cs2)ccn1. The molecule has 0 aliphatic rings. The Morgan fingerprint density at radius 1 is 1.44 bits per heavy atom.